The van der Waals surface area contributed by atoms with Gasteiger partial charge in [-0.3, -0.25) is 0 Å². The molecule has 16 heavy (non-hydrogen) atoms. The normalized spacial score (nSPS) is 12.4. The zero-order chi connectivity index (χ0) is 11.4. The van der Waals surface area contributed by atoms with Crippen molar-refractivity contribution >= 4 is 5.82 Å². The Labute approximate surface area is 95.5 Å². The summed E-state index contributed by atoms with van der Waals surface area (Å²) in [6.07, 6.45) is 2.57. The molecule has 2 aromatic rings. The Morgan fingerprint density at radius 1 is 1.31 bits per heavy atom. The number of anilines is 1. The van der Waals surface area contributed by atoms with Crippen molar-refractivity contribution in [2.45, 2.75) is 26.3 Å². The number of hydrogen-bond acceptors (Lipinski definition) is 3. The molecule has 2 heterocycles. The number of furan rings is 1. The van der Waals surface area contributed by atoms with Crippen LogP contribution >= 0.6 is 0 Å². The van der Waals surface area contributed by atoms with Crippen LogP contribution in [0, 0.1) is 6.92 Å². The van der Waals surface area contributed by atoms with E-state index in [0.29, 0.717) is 6.04 Å². The van der Waals surface area contributed by atoms with Crippen molar-refractivity contribution in [3.05, 3.63) is 48.0 Å². The maximum absolute atomic E-state index is 5.31. The minimum atomic E-state index is 0.306. The van der Waals surface area contributed by atoms with E-state index >= 15 is 0 Å². The second kappa shape index (κ2) is 4.84. The third-order valence-electron chi connectivity index (χ3n) is 2.37. The summed E-state index contributed by atoms with van der Waals surface area (Å²) in [5.74, 6) is 1.91. The molecule has 2 rings (SSSR count). The van der Waals surface area contributed by atoms with Crippen LogP contribution in [0.3, 0.4) is 0 Å². The first-order valence-corrected chi connectivity index (χ1v) is 5.46. The lowest BCUT2D eigenvalue weighted by molar-refractivity contribution is 0.497. The molecule has 3 nitrogen and oxygen atoms in total. The summed E-state index contributed by atoms with van der Waals surface area (Å²) in [7, 11) is 0. The lowest BCUT2D eigenvalue weighted by Gasteiger charge is -2.13. The fourth-order valence-electron chi connectivity index (χ4n) is 1.66. The van der Waals surface area contributed by atoms with Crippen molar-refractivity contribution in [1.82, 2.24) is 4.98 Å². The average Bonchev–Trinajstić information content (AvgIpc) is 2.70. The van der Waals surface area contributed by atoms with E-state index < -0.39 is 0 Å². The highest BCUT2D eigenvalue weighted by atomic mass is 16.3. The topological polar surface area (TPSA) is 38.1 Å². The van der Waals surface area contributed by atoms with Crippen LogP contribution in [0.25, 0.3) is 0 Å². The van der Waals surface area contributed by atoms with Gasteiger partial charge in [0, 0.05) is 18.2 Å². The highest BCUT2D eigenvalue weighted by molar-refractivity contribution is 5.36. The van der Waals surface area contributed by atoms with Crippen LogP contribution in [0.4, 0.5) is 5.82 Å². The van der Waals surface area contributed by atoms with Gasteiger partial charge in [-0.05, 0) is 38.1 Å². The summed E-state index contributed by atoms with van der Waals surface area (Å²) in [5, 5.41) is 3.35. The second-order valence-electron chi connectivity index (χ2n) is 3.99. The molecule has 0 bridgehead atoms. The fourth-order valence-corrected chi connectivity index (χ4v) is 1.66. The van der Waals surface area contributed by atoms with Crippen molar-refractivity contribution in [2.75, 3.05) is 5.32 Å². The monoisotopic (exact) mass is 216 g/mol. The molecule has 84 valence electrons. The Morgan fingerprint density at radius 2 is 2.19 bits per heavy atom. The number of aryl methyl sites for hydroxylation is 1. The molecule has 1 N–H and O–H groups in total. The van der Waals surface area contributed by atoms with Gasteiger partial charge in [0.05, 0.1) is 6.26 Å². The van der Waals surface area contributed by atoms with Gasteiger partial charge in [-0.25, -0.2) is 4.98 Å². The smallest absolute Gasteiger partial charge is 0.126 e. The van der Waals surface area contributed by atoms with Crippen molar-refractivity contribution in [3.63, 3.8) is 0 Å². The van der Waals surface area contributed by atoms with Gasteiger partial charge < -0.3 is 9.73 Å². The van der Waals surface area contributed by atoms with Gasteiger partial charge in [0.1, 0.15) is 11.6 Å². The number of hydrogen-bond donors (Lipinski definition) is 1. The highest BCUT2D eigenvalue weighted by Gasteiger charge is 2.05. The lowest BCUT2D eigenvalue weighted by Crippen LogP contribution is -2.18. The average molecular weight is 216 g/mol. The zero-order valence-corrected chi connectivity index (χ0v) is 9.60. The number of pyridine rings is 1. The number of nitrogens with zero attached hydrogens (tertiary/aromatic N) is 1. The van der Waals surface area contributed by atoms with Crippen LogP contribution in [0.15, 0.2) is 41.0 Å². The SMILES string of the molecule is Cc1cccc(NC(C)Cc2ccco2)n1. The lowest BCUT2D eigenvalue weighted by atomic mass is 10.2. The van der Waals surface area contributed by atoms with E-state index in [4.69, 9.17) is 4.42 Å². The molecule has 0 spiro atoms. The molecule has 3 heteroatoms. The summed E-state index contributed by atoms with van der Waals surface area (Å²) in [4.78, 5) is 4.40. The molecular formula is C13H16N2O. The fraction of sp³-hybridized carbons (Fsp3) is 0.308. The largest absolute Gasteiger partial charge is 0.469 e. The molecule has 0 aromatic carbocycles. The minimum absolute atomic E-state index is 0.306. The number of rotatable bonds is 4. The van der Waals surface area contributed by atoms with Crippen LogP contribution in [0.1, 0.15) is 18.4 Å². The van der Waals surface area contributed by atoms with Gasteiger partial charge in [0.25, 0.3) is 0 Å². The molecule has 0 saturated heterocycles. The van der Waals surface area contributed by atoms with E-state index in [1.807, 2.05) is 37.3 Å². The first kappa shape index (κ1) is 10.7. The van der Waals surface area contributed by atoms with E-state index in [1.165, 1.54) is 0 Å². The Kier molecular flexibility index (Phi) is 3.25. The zero-order valence-electron chi connectivity index (χ0n) is 9.60. The standard InChI is InChI=1S/C13H16N2O/c1-10-5-3-7-13(14-10)15-11(2)9-12-6-4-8-16-12/h3-8,11H,9H2,1-2H3,(H,14,15). The summed E-state index contributed by atoms with van der Waals surface area (Å²) in [5.41, 5.74) is 1.02. The van der Waals surface area contributed by atoms with E-state index in [1.54, 1.807) is 6.26 Å². The molecule has 0 amide bonds. The molecule has 0 aliphatic carbocycles. The summed E-state index contributed by atoms with van der Waals surface area (Å²) >= 11 is 0. The summed E-state index contributed by atoms with van der Waals surface area (Å²) in [6.45, 7) is 4.11. The third kappa shape index (κ3) is 2.86. The van der Waals surface area contributed by atoms with Crippen molar-refractivity contribution in [3.8, 4) is 0 Å². The summed E-state index contributed by atoms with van der Waals surface area (Å²) < 4.78 is 5.31. The molecule has 1 atom stereocenters. The van der Waals surface area contributed by atoms with Crippen LogP contribution in [-0.4, -0.2) is 11.0 Å². The van der Waals surface area contributed by atoms with Gasteiger partial charge in [0.2, 0.25) is 0 Å². The predicted molar refractivity (Wildman–Crippen MR) is 64.5 cm³/mol. The molecule has 0 aliphatic heterocycles. The van der Waals surface area contributed by atoms with Gasteiger partial charge in [-0.1, -0.05) is 6.07 Å². The van der Waals surface area contributed by atoms with Gasteiger partial charge in [0.15, 0.2) is 0 Å². The minimum Gasteiger partial charge on any atom is -0.469 e. The molecule has 1 unspecified atom stereocenters. The van der Waals surface area contributed by atoms with Crippen molar-refractivity contribution < 1.29 is 4.42 Å². The van der Waals surface area contributed by atoms with Gasteiger partial charge in [-0.15, -0.1) is 0 Å². The second-order valence-corrected chi connectivity index (χ2v) is 3.99. The maximum atomic E-state index is 5.31. The van der Waals surface area contributed by atoms with Crippen LogP contribution < -0.4 is 5.32 Å². The molecule has 0 fully saturated rings. The number of nitrogens with one attached hydrogen (secondary N) is 1. The highest BCUT2D eigenvalue weighted by Crippen LogP contribution is 2.09. The molecule has 0 saturated carbocycles. The van der Waals surface area contributed by atoms with E-state index in [2.05, 4.69) is 17.2 Å². The Morgan fingerprint density at radius 3 is 2.88 bits per heavy atom. The van der Waals surface area contributed by atoms with Gasteiger partial charge >= 0.3 is 0 Å². The molecular weight excluding hydrogens is 200 g/mol. The van der Waals surface area contributed by atoms with Crippen molar-refractivity contribution in [1.29, 1.82) is 0 Å². The quantitative estimate of drug-likeness (QED) is 0.853. The van der Waals surface area contributed by atoms with Crippen LogP contribution in [-0.2, 0) is 6.42 Å². The summed E-state index contributed by atoms with van der Waals surface area (Å²) in [6, 6.07) is 10.2. The Bertz CT molecular complexity index is 437. The first-order valence-electron chi connectivity index (χ1n) is 5.46. The van der Waals surface area contributed by atoms with E-state index in [9.17, 15) is 0 Å². The Balaban J connectivity index is 1.94. The third-order valence-corrected chi connectivity index (χ3v) is 2.37. The van der Waals surface area contributed by atoms with E-state index in [0.717, 1.165) is 23.7 Å². The van der Waals surface area contributed by atoms with Crippen LogP contribution in [0.5, 0.6) is 0 Å². The molecule has 0 radical (unpaired) electrons. The number of aromatic nitrogens is 1. The maximum Gasteiger partial charge on any atom is 0.126 e. The van der Waals surface area contributed by atoms with Crippen LogP contribution in [0.2, 0.25) is 0 Å². The van der Waals surface area contributed by atoms with Crippen molar-refractivity contribution in [2.24, 2.45) is 0 Å². The molecule has 2 aromatic heterocycles. The molecule has 0 aliphatic rings. The Hall–Kier alpha value is -1.77. The first-order chi connectivity index (χ1) is 7.74. The van der Waals surface area contributed by atoms with Gasteiger partial charge in [-0.2, -0.15) is 0 Å². The van der Waals surface area contributed by atoms with E-state index in [-0.39, 0.29) is 0 Å². The predicted octanol–water partition coefficient (Wildman–Crippen LogP) is 3.03.